The van der Waals surface area contributed by atoms with Crippen molar-refractivity contribution in [1.29, 1.82) is 0 Å². The molecule has 0 spiro atoms. The first-order chi connectivity index (χ1) is 26.2. The van der Waals surface area contributed by atoms with Gasteiger partial charge < -0.3 is 19.9 Å². The zero-order valence-corrected chi connectivity index (χ0v) is 30.1. The lowest BCUT2D eigenvalue weighted by atomic mass is 9.96. The summed E-state index contributed by atoms with van der Waals surface area (Å²) in [6.07, 6.45) is 12.6. The van der Waals surface area contributed by atoms with E-state index >= 15 is 4.39 Å². The average molecular weight is 748 g/mol. The van der Waals surface area contributed by atoms with Gasteiger partial charge in [-0.3, -0.25) is 4.98 Å². The largest absolute Gasteiger partial charge is 0.462 e. The molecule has 9 rings (SSSR count). The molecule has 6 aromatic rings. The lowest BCUT2D eigenvalue weighted by molar-refractivity contribution is 0.301. The summed E-state index contributed by atoms with van der Waals surface area (Å²) in [6, 6.07) is 15.2. The number of nitrogens with one attached hydrogen (secondary N) is 1. The van der Waals surface area contributed by atoms with Crippen molar-refractivity contribution in [2.24, 2.45) is 0 Å². The van der Waals surface area contributed by atoms with Gasteiger partial charge in [-0.15, -0.1) is 15.6 Å². The van der Waals surface area contributed by atoms with E-state index in [0.717, 1.165) is 35.5 Å². The second-order valence-corrected chi connectivity index (χ2v) is 15.8. The van der Waals surface area contributed by atoms with Crippen molar-refractivity contribution >= 4 is 43.2 Å². The van der Waals surface area contributed by atoms with Gasteiger partial charge in [-0.2, -0.15) is 18.4 Å². The Labute approximate surface area is 310 Å². The van der Waals surface area contributed by atoms with Crippen LogP contribution >= 0.6 is 0 Å². The van der Waals surface area contributed by atoms with Crippen LogP contribution in [0.15, 0.2) is 72.0 Å². The van der Waals surface area contributed by atoms with E-state index in [1.54, 1.807) is 42.6 Å². The number of aromatic nitrogens is 6. The van der Waals surface area contributed by atoms with Gasteiger partial charge in [0.1, 0.15) is 35.8 Å². The maximum absolute atomic E-state index is 16.8. The molecule has 3 aromatic heterocycles. The van der Waals surface area contributed by atoms with Crippen molar-refractivity contribution < 1.29 is 21.9 Å². The molecule has 3 aromatic carbocycles. The van der Waals surface area contributed by atoms with Crippen LogP contribution in [-0.2, 0) is 10.0 Å². The number of terminal acetylenes is 1. The fourth-order valence-electron chi connectivity index (χ4n) is 7.47. The van der Waals surface area contributed by atoms with Gasteiger partial charge >= 0.3 is 6.01 Å². The summed E-state index contributed by atoms with van der Waals surface area (Å²) in [5.74, 6) is 2.48. The monoisotopic (exact) mass is 747 g/mol. The van der Waals surface area contributed by atoms with Crippen molar-refractivity contribution in [2.75, 3.05) is 43.1 Å². The molecule has 15 heteroatoms. The Morgan fingerprint density at radius 1 is 1.00 bits per heavy atom. The summed E-state index contributed by atoms with van der Waals surface area (Å²) in [5.41, 5.74) is 1.16. The van der Waals surface area contributed by atoms with E-state index < -0.39 is 21.7 Å². The number of anilines is 2. The highest BCUT2D eigenvalue weighted by molar-refractivity contribution is 7.89. The van der Waals surface area contributed by atoms with E-state index in [0.29, 0.717) is 53.0 Å². The molecule has 3 fully saturated rings. The van der Waals surface area contributed by atoms with Crippen LogP contribution in [0.25, 0.3) is 32.9 Å². The van der Waals surface area contributed by atoms with Crippen LogP contribution in [0, 0.1) is 24.0 Å². The van der Waals surface area contributed by atoms with Gasteiger partial charge in [0.15, 0.2) is 11.6 Å². The predicted octanol–water partition coefficient (Wildman–Crippen LogP) is 5.27. The van der Waals surface area contributed by atoms with Crippen molar-refractivity contribution in [3.8, 4) is 29.6 Å². The number of likely N-dealkylation sites (N-methyl/N-ethyl adjacent to an activating group) is 1. The number of piperazine rings is 1. The minimum atomic E-state index is -3.88. The van der Waals surface area contributed by atoms with Gasteiger partial charge in [-0.1, -0.05) is 30.2 Å². The van der Waals surface area contributed by atoms with Crippen LogP contribution in [0.3, 0.4) is 0 Å². The molecule has 274 valence electrons. The minimum absolute atomic E-state index is 0.000878. The Morgan fingerprint density at radius 3 is 2.52 bits per heavy atom. The van der Waals surface area contributed by atoms with E-state index in [9.17, 15) is 12.8 Å². The van der Waals surface area contributed by atoms with Crippen LogP contribution in [0.4, 0.5) is 20.3 Å². The average Bonchev–Trinajstić information content (AvgIpc) is 3.81. The third kappa shape index (κ3) is 6.05. The number of benzene rings is 3. The Balaban J connectivity index is 0.998. The van der Waals surface area contributed by atoms with Gasteiger partial charge in [0.25, 0.3) is 10.0 Å². The summed E-state index contributed by atoms with van der Waals surface area (Å²) >= 11 is 0. The molecule has 54 heavy (non-hydrogen) atoms. The Bertz CT molecular complexity index is 2580. The third-order valence-corrected chi connectivity index (χ3v) is 12.0. The molecule has 3 aliphatic rings. The molecule has 2 aliphatic heterocycles. The molecule has 1 N–H and O–H groups in total. The Kier molecular flexibility index (Phi) is 8.39. The molecule has 2 bridgehead atoms. The zero-order chi connectivity index (χ0) is 37.1. The number of fused-ring (bicyclic) bond motifs is 4. The normalized spacial score (nSPS) is 18.3. The molecule has 1 saturated carbocycles. The van der Waals surface area contributed by atoms with Gasteiger partial charge in [0.2, 0.25) is 0 Å². The van der Waals surface area contributed by atoms with Gasteiger partial charge in [-0.05, 0) is 61.4 Å². The number of nitrogens with zero attached hydrogens (tertiary/aromatic N) is 8. The summed E-state index contributed by atoms with van der Waals surface area (Å²) in [4.78, 5) is 22.2. The van der Waals surface area contributed by atoms with Gasteiger partial charge in [-0.25, -0.2) is 13.8 Å². The summed E-state index contributed by atoms with van der Waals surface area (Å²) < 4.78 is 65.0. The SMILES string of the molecule is C#Cc1c(F)ccc2cccc(-c3ncc4c(N5CC6CCC(C5)N6)nc(OCCN(C)c5ccc(S(=O)(=O)n6cnc(C7CC7)n6)cc5)nc4c3F)c12. The fraction of sp³-hybridized carbons (Fsp3) is 0.308. The fourth-order valence-corrected chi connectivity index (χ4v) is 8.52. The summed E-state index contributed by atoms with van der Waals surface area (Å²) in [7, 11) is -2.03. The highest BCUT2D eigenvalue weighted by Crippen LogP contribution is 2.39. The number of hydrogen-bond acceptors (Lipinski definition) is 11. The number of rotatable bonds is 10. The zero-order valence-electron chi connectivity index (χ0n) is 29.3. The minimum Gasteiger partial charge on any atom is -0.462 e. The van der Waals surface area contributed by atoms with Gasteiger partial charge in [0.05, 0.1) is 22.4 Å². The van der Waals surface area contributed by atoms with E-state index in [4.69, 9.17) is 16.1 Å². The molecular formula is C39H35F2N9O3S. The molecule has 0 radical (unpaired) electrons. The highest BCUT2D eigenvalue weighted by atomic mass is 32.2. The van der Waals surface area contributed by atoms with E-state index in [1.165, 1.54) is 24.5 Å². The van der Waals surface area contributed by atoms with E-state index in [-0.39, 0.29) is 52.3 Å². The Morgan fingerprint density at radius 2 is 1.78 bits per heavy atom. The molecule has 2 atom stereocenters. The number of ether oxygens (including phenoxy) is 1. The molecular weight excluding hydrogens is 713 g/mol. The molecule has 0 amide bonds. The van der Waals surface area contributed by atoms with E-state index in [2.05, 4.69) is 36.2 Å². The third-order valence-electron chi connectivity index (χ3n) is 10.5. The van der Waals surface area contributed by atoms with E-state index in [1.807, 2.05) is 11.9 Å². The summed E-state index contributed by atoms with van der Waals surface area (Å²) in [5, 5.41) is 9.29. The van der Waals surface area contributed by atoms with Crippen LogP contribution in [-0.4, -0.2) is 82.9 Å². The maximum Gasteiger partial charge on any atom is 0.319 e. The second-order valence-electron chi connectivity index (χ2n) is 14.0. The van der Waals surface area contributed by atoms with Crippen molar-refractivity contribution in [1.82, 2.24) is 34.4 Å². The first kappa shape index (κ1) is 34.1. The highest BCUT2D eigenvalue weighted by Gasteiger charge is 2.34. The first-order valence-corrected chi connectivity index (χ1v) is 19.3. The standard InChI is InChI=1S/C39H35F2N9O3S/c1-3-29-32(40)16-9-23-5-4-6-30(33(23)29)35-34(41)36-31(19-42-35)38(49-20-25-10-11-26(21-49)44-25)46-39(45-36)53-18-17-48(2)27-12-14-28(15-13-27)54(51,52)50-22-43-37(47-50)24-7-8-24/h1,4-6,9,12-16,19,22,24-26,44H,7-8,10-11,17-18,20-21H2,2H3. The topological polar surface area (TPSA) is 131 Å². The lowest BCUT2D eigenvalue weighted by Gasteiger charge is -2.34. The second kappa shape index (κ2) is 13.3. The first-order valence-electron chi connectivity index (χ1n) is 17.8. The quantitative estimate of drug-likeness (QED) is 0.184. The predicted molar refractivity (Wildman–Crippen MR) is 200 cm³/mol. The van der Waals surface area contributed by atoms with Gasteiger partial charge in [0, 0.05) is 61.0 Å². The van der Waals surface area contributed by atoms with Crippen LogP contribution in [0.1, 0.15) is 43.0 Å². The van der Waals surface area contributed by atoms with Crippen molar-refractivity contribution in [2.45, 2.75) is 48.6 Å². The molecule has 12 nitrogen and oxygen atoms in total. The molecule has 1 aliphatic carbocycles. The number of hydrogen-bond donors (Lipinski definition) is 1. The van der Waals surface area contributed by atoms with Crippen LogP contribution in [0.2, 0.25) is 0 Å². The smallest absolute Gasteiger partial charge is 0.319 e. The Hall–Kier alpha value is -5.72. The molecule has 2 unspecified atom stereocenters. The van der Waals surface area contributed by atoms with Crippen LogP contribution in [0.5, 0.6) is 6.01 Å². The lowest BCUT2D eigenvalue weighted by Crippen LogP contribution is -2.51. The maximum atomic E-state index is 16.8. The van der Waals surface area contributed by atoms with Crippen molar-refractivity contribution in [3.05, 3.63) is 90.1 Å². The molecule has 5 heterocycles. The van der Waals surface area contributed by atoms with Crippen LogP contribution < -0.4 is 19.9 Å². The number of halogens is 2. The number of pyridine rings is 1. The van der Waals surface area contributed by atoms with Crippen molar-refractivity contribution in [3.63, 3.8) is 0 Å². The summed E-state index contributed by atoms with van der Waals surface area (Å²) in [6.45, 7) is 1.90. The molecule has 2 saturated heterocycles.